The third-order valence-electron chi connectivity index (χ3n) is 2.87. The average molecular weight is 324 g/mol. The Hall–Kier alpha value is -1.43. The number of thiazole rings is 1. The van der Waals surface area contributed by atoms with Crippen molar-refractivity contribution in [2.75, 3.05) is 19.6 Å². The topological polar surface area (TPSA) is 54.0 Å². The van der Waals surface area contributed by atoms with Gasteiger partial charge in [0.2, 0.25) is 5.91 Å². The average Bonchev–Trinajstić information content (AvgIpc) is 2.92. The third kappa shape index (κ3) is 4.81. The summed E-state index contributed by atoms with van der Waals surface area (Å²) in [4.78, 5) is 16.3. The zero-order chi connectivity index (χ0) is 15.1. The van der Waals surface area contributed by atoms with Crippen LogP contribution in [0, 0.1) is 0 Å². The molecule has 0 saturated heterocycles. The fraction of sp³-hybridized carbons (Fsp3) is 0.333. The van der Waals surface area contributed by atoms with E-state index >= 15 is 0 Å². The number of carbonyl (C=O) groups is 1. The first-order valence-electron chi connectivity index (χ1n) is 6.87. The van der Waals surface area contributed by atoms with Crippen molar-refractivity contribution in [1.82, 2.24) is 15.6 Å². The molecule has 0 spiro atoms. The van der Waals surface area contributed by atoms with Gasteiger partial charge >= 0.3 is 0 Å². The SMILES string of the molecule is CCNCCNC(=O)Cc1csc(-c2ccccc2Cl)n1. The van der Waals surface area contributed by atoms with Gasteiger partial charge in [-0.15, -0.1) is 11.3 Å². The van der Waals surface area contributed by atoms with Crippen LogP contribution in [0.15, 0.2) is 29.6 Å². The molecule has 0 radical (unpaired) electrons. The van der Waals surface area contributed by atoms with Gasteiger partial charge in [0.05, 0.1) is 17.1 Å². The highest BCUT2D eigenvalue weighted by Crippen LogP contribution is 2.30. The van der Waals surface area contributed by atoms with E-state index < -0.39 is 0 Å². The van der Waals surface area contributed by atoms with Crippen molar-refractivity contribution in [3.63, 3.8) is 0 Å². The maximum Gasteiger partial charge on any atom is 0.226 e. The molecule has 1 aromatic carbocycles. The highest BCUT2D eigenvalue weighted by molar-refractivity contribution is 7.13. The second-order valence-corrected chi connectivity index (χ2v) is 5.77. The summed E-state index contributed by atoms with van der Waals surface area (Å²) in [6, 6.07) is 7.58. The number of carbonyl (C=O) groups excluding carboxylic acids is 1. The summed E-state index contributed by atoms with van der Waals surface area (Å²) < 4.78 is 0. The number of nitrogens with zero attached hydrogens (tertiary/aromatic N) is 1. The molecule has 1 amide bonds. The molecule has 0 unspecified atom stereocenters. The molecule has 1 heterocycles. The van der Waals surface area contributed by atoms with Gasteiger partial charge in [-0.1, -0.05) is 36.7 Å². The van der Waals surface area contributed by atoms with Crippen LogP contribution in [-0.2, 0) is 11.2 Å². The summed E-state index contributed by atoms with van der Waals surface area (Å²) in [6.07, 6.45) is 0.299. The van der Waals surface area contributed by atoms with Crippen molar-refractivity contribution in [3.8, 4) is 10.6 Å². The van der Waals surface area contributed by atoms with Gasteiger partial charge in [0, 0.05) is 24.0 Å². The molecule has 0 bridgehead atoms. The molecule has 4 nitrogen and oxygen atoms in total. The second kappa shape index (κ2) is 8.12. The van der Waals surface area contributed by atoms with E-state index in [4.69, 9.17) is 11.6 Å². The number of likely N-dealkylation sites (N-methyl/N-ethyl adjacent to an activating group) is 1. The van der Waals surface area contributed by atoms with E-state index in [9.17, 15) is 4.79 Å². The number of amides is 1. The van der Waals surface area contributed by atoms with Crippen LogP contribution in [0.3, 0.4) is 0 Å². The lowest BCUT2D eigenvalue weighted by Gasteiger charge is -2.04. The van der Waals surface area contributed by atoms with Gasteiger partial charge in [-0.3, -0.25) is 4.79 Å². The molecular weight excluding hydrogens is 306 g/mol. The van der Waals surface area contributed by atoms with Crippen LogP contribution < -0.4 is 10.6 Å². The number of rotatable bonds is 7. The van der Waals surface area contributed by atoms with Gasteiger partial charge in [-0.2, -0.15) is 0 Å². The highest BCUT2D eigenvalue weighted by Gasteiger charge is 2.10. The molecule has 6 heteroatoms. The van der Waals surface area contributed by atoms with E-state index in [1.54, 1.807) is 0 Å². The Morgan fingerprint density at radius 2 is 2.14 bits per heavy atom. The van der Waals surface area contributed by atoms with Crippen molar-refractivity contribution in [3.05, 3.63) is 40.4 Å². The van der Waals surface area contributed by atoms with Gasteiger partial charge in [0.25, 0.3) is 0 Å². The molecule has 0 aliphatic heterocycles. The summed E-state index contributed by atoms with van der Waals surface area (Å²) >= 11 is 7.66. The van der Waals surface area contributed by atoms with Crippen LogP contribution in [0.4, 0.5) is 0 Å². The molecule has 0 aliphatic carbocycles. The van der Waals surface area contributed by atoms with E-state index in [0.29, 0.717) is 18.0 Å². The molecule has 0 aliphatic rings. The maximum absolute atomic E-state index is 11.8. The largest absolute Gasteiger partial charge is 0.354 e. The van der Waals surface area contributed by atoms with Crippen molar-refractivity contribution in [1.29, 1.82) is 0 Å². The first kappa shape index (κ1) is 15.9. The Bertz CT molecular complexity index is 600. The van der Waals surface area contributed by atoms with Crippen LogP contribution in [0.2, 0.25) is 5.02 Å². The van der Waals surface area contributed by atoms with E-state index in [-0.39, 0.29) is 5.91 Å². The molecule has 0 atom stereocenters. The Balaban J connectivity index is 1.91. The standard InChI is InChI=1S/C15H18ClN3OS/c1-2-17-7-8-18-14(20)9-11-10-21-15(19-11)12-5-3-4-6-13(12)16/h3-6,10,17H,2,7-9H2,1H3,(H,18,20). The van der Waals surface area contributed by atoms with Crippen molar-refractivity contribution in [2.45, 2.75) is 13.3 Å². The molecule has 2 rings (SSSR count). The number of benzene rings is 1. The quantitative estimate of drug-likeness (QED) is 0.770. The van der Waals surface area contributed by atoms with Gasteiger partial charge in [0.1, 0.15) is 5.01 Å². The summed E-state index contributed by atoms with van der Waals surface area (Å²) in [5, 5.41) is 9.44. The third-order valence-corrected chi connectivity index (χ3v) is 4.13. The van der Waals surface area contributed by atoms with E-state index in [1.165, 1.54) is 11.3 Å². The number of hydrogen-bond donors (Lipinski definition) is 2. The summed E-state index contributed by atoms with van der Waals surface area (Å²) in [6.45, 7) is 4.36. The maximum atomic E-state index is 11.8. The molecule has 2 N–H and O–H groups in total. The zero-order valence-corrected chi connectivity index (χ0v) is 13.4. The Labute approximate surface area is 133 Å². The van der Waals surface area contributed by atoms with Crippen molar-refractivity contribution in [2.24, 2.45) is 0 Å². The van der Waals surface area contributed by atoms with Gasteiger partial charge in [-0.05, 0) is 12.6 Å². The Morgan fingerprint density at radius 3 is 2.90 bits per heavy atom. The van der Waals surface area contributed by atoms with E-state index in [1.807, 2.05) is 36.6 Å². The minimum atomic E-state index is -0.0103. The van der Waals surface area contributed by atoms with Gasteiger partial charge in [-0.25, -0.2) is 4.98 Å². The number of aromatic nitrogens is 1. The number of halogens is 1. The first-order chi connectivity index (χ1) is 10.2. The molecule has 0 fully saturated rings. The van der Waals surface area contributed by atoms with Crippen LogP contribution in [-0.4, -0.2) is 30.5 Å². The van der Waals surface area contributed by atoms with Crippen LogP contribution >= 0.6 is 22.9 Å². The van der Waals surface area contributed by atoms with Crippen LogP contribution in [0.25, 0.3) is 10.6 Å². The second-order valence-electron chi connectivity index (χ2n) is 4.50. The monoisotopic (exact) mass is 323 g/mol. The zero-order valence-electron chi connectivity index (χ0n) is 11.9. The predicted molar refractivity (Wildman–Crippen MR) is 87.8 cm³/mol. The number of hydrogen-bond acceptors (Lipinski definition) is 4. The summed E-state index contributed by atoms with van der Waals surface area (Å²) in [5.41, 5.74) is 1.68. The number of nitrogens with one attached hydrogen (secondary N) is 2. The lowest BCUT2D eigenvalue weighted by Crippen LogP contribution is -2.32. The van der Waals surface area contributed by atoms with Crippen molar-refractivity contribution >= 4 is 28.8 Å². The Morgan fingerprint density at radius 1 is 1.33 bits per heavy atom. The minimum Gasteiger partial charge on any atom is -0.354 e. The fourth-order valence-corrected chi connectivity index (χ4v) is 2.98. The molecule has 21 heavy (non-hydrogen) atoms. The molecule has 0 saturated carbocycles. The molecule has 112 valence electrons. The van der Waals surface area contributed by atoms with E-state index in [0.717, 1.165) is 29.4 Å². The fourth-order valence-electron chi connectivity index (χ4n) is 1.84. The van der Waals surface area contributed by atoms with Crippen LogP contribution in [0.5, 0.6) is 0 Å². The normalized spacial score (nSPS) is 10.6. The lowest BCUT2D eigenvalue weighted by molar-refractivity contribution is -0.120. The van der Waals surface area contributed by atoms with E-state index in [2.05, 4.69) is 15.6 Å². The summed E-state index contributed by atoms with van der Waals surface area (Å²) in [7, 11) is 0. The lowest BCUT2D eigenvalue weighted by atomic mass is 10.2. The minimum absolute atomic E-state index is 0.0103. The Kier molecular flexibility index (Phi) is 6.17. The highest BCUT2D eigenvalue weighted by atomic mass is 35.5. The molecular formula is C15H18ClN3OS. The first-order valence-corrected chi connectivity index (χ1v) is 8.13. The van der Waals surface area contributed by atoms with Crippen LogP contribution in [0.1, 0.15) is 12.6 Å². The predicted octanol–water partition coefficient (Wildman–Crippen LogP) is 2.73. The molecule has 1 aromatic heterocycles. The molecule has 2 aromatic rings. The van der Waals surface area contributed by atoms with Gasteiger partial charge < -0.3 is 10.6 Å². The van der Waals surface area contributed by atoms with Gasteiger partial charge in [0.15, 0.2) is 0 Å². The smallest absolute Gasteiger partial charge is 0.226 e. The summed E-state index contributed by atoms with van der Waals surface area (Å²) in [5.74, 6) is -0.0103. The van der Waals surface area contributed by atoms with Crippen molar-refractivity contribution < 1.29 is 4.79 Å².